The van der Waals surface area contributed by atoms with Crippen LogP contribution in [0.1, 0.15) is 33.6 Å². The van der Waals surface area contributed by atoms with Gasteiger partial charge in [-0.2, -0.15) is 0 Å². The second-order valence-electron chi connectivity index (χ2n) is 5.16. The van der Waals surface area contributed by atoms with E-state index in [9.17, 15) is 4.79 Å². The fraction of sp³-hybridized carbons (Fsp3) is 0.923. The molecule has 0 aliphatic carbocycles. The number of hydrogen-bond donors (Lipinski definition) is 1. The molecular formula is C13H29Cl2N3O. The zero-order valence-electron chi connectivity index (χ0n) is 12.3. The van der Waals surface area contributed by atoms with Crippen molar-refractivity contribution < 1.29 is 4.79 Å². The Morgan fingerprint density at radius 3 is 2.42 bits per heavy atom. The predicted molar refractivity (Wildman–Crippen MR) is 85.2 cm³/mol. The molecule has 0 aromatic heterocycles. The Kier molecular flexibility index (Phi) is 12.0. The highest BCUT2D eigenvalue weighted by atomic mass is 35.5. The molecule has 0 radical (unpaired) electrons. The fourth-order valence-corrected chi connectivity index (χ4v) is 2.46. The minimum atomic E-state index is -0.0238. The Hall–Kier alpha value is -0.0300. The lowest BCUT2D eigenvalue weighted by molar-refractivity contribution is -0.130. The van der Waals surface area contributed by atoms with Gasteiger partial charge in [0, 0.05) is 32.1 Å². The molecule has 1 aliphatic heterocycles. The number of likely N-dealkylation sites (tertiary alicyclic amines) is 1. The summed E-state index contributed by atoms with van der Waals surface area (Å²) in [4.78, 5) is 16.3. The molecule has 0 saturated carbocycles. The topological polar surface area (TPSA) is 49.6 Å². The van der Waals surface area contributed by atoms with E-state index < -0.39 is 0 Å². The predicted octanol–water partition coefficient (Wildman–Crippen LogP) is 1.76. The largest absolute Gasteiger partial charge is 0.342 e. The normalized spacial score (nSPS) is 19.8. The lowest BCUT2D eigenvalue weighted by Crippen LogP contribution is -2.35. The van der Waals surface area contributed by atoms with Crippen molar-refractivity contribution in [3.05, 3.63) is 0 Å². The van der Waals surface area contributed by atoms with Crippen LogP contribution in [0, 0.1) is 5.92 Å². The molecule has 0 spiro atoms. The van der Waals surface area contributed by atoms with Crippen molar-refractivity contribution in [2.24, 2.45) is 11.7 Å². The third kappa shape index (κ3) is 7.35. The van der Waals surface area contributed by atoms with E-state index in [0.717, 1.165) is 39.1 Å². The molecule has 0 aromatic carbocycles. The maximum atomic E-state index is 11.9. The molecule has 2 N–H and O–H groups in total. The first-order valence-corrected chi connectivity index (χ1v) is 6.82. The standard InChI is InChI=1S/C13H27N3O.2ClH/c1-4-15(5-2)9-12-6-7-16(10-12)13(17)8-11(3)14;;/h11-12H,4-10,14H2,1-3H3;2*1H. The lowest BCUT2D eigenvalue weighted by Gasteiger charge is -2.23. The van der Waals surface area contributed by atoms with Gasteiger partial charge in [-0.3, -0.25) is 4.79 Å². The average Bonchev–Trinajstić information content (AvgIpc) is 2.73. The van der Waals surface area contributed by atoms with Crippen LogP contribution in [0.4, 0.5) is 0 Å². The van der Waals surface area contributed by atoms with E-state index in [-0.39, 0.29) is 36.8 Å². The summed E-state index contributed by atoms with van der Waals surface area (Å²) in [5, 5.41) is 0. The van der Waals surface area contributed by atoms with Gasteiger partial charge in [0.1, 0.15) is 0 Å². The van der Waals surface area contributed by atoms with Crippen LogP contribution in [0.15, 0.2) is 0 Å². The van der Waals surface area contributed by atoms with E-state index in [1.165, 1.54) is 0 Å². The van der Waals surface area contributed by atoms with E-state index in [0.29, 0.717) is 12.3 Å². The Balaban J connectivity index is 0. The summed E-state index contributed by atoms with van der Waals surface area (Å²) in [6.07, 6.45) is 1.62. The van der Waals surface area contributed by atoms with Gasteiger partial charge in [-0.15, -0.1) is 24.8 Å². The van der Waals surface area contributed by atoms with E-state index in [2.05, 4.69) is 18.7 Å². The molecule has 1 aliphatic rings. The highest BCUT2D eigenvalue weighted by Gasteiger charge is 2.27. The van der Waals surface area contributed by atoms with E-state index in [1.807, 2.05) is 11.8 Å². The summed E-state index contributed by atoms with van der Waals surface area (Å²) in [6, 6.07) is -0.0238. The monoisotopic (exact) mass is 313 g/mol. The third-order valence-electron chi connectivity index (χ3n) is 3.55. The number of rotatable bonds is 6. The Bertz CT molecular complexity index is 248. The first kappa shape index (κ1) is 21.3. The van der Waals surface area contributed by atoms with Gasteiger partial charge in [0.2, 0.25) is 5.91 Å². The zero-order valence-corrected chi connectivity index (χ0v) is 13.9. The zero-order chi connectivity index (χ0) is 12.8. The molecule has 116 valence electrons. The van der Waals surface area contributed by atoms with Crippen molar-refractivity contribution in [1.29, 1.82) is 0 Å². The molecule has 1 saturated heterocycles. The lowest BCUT2D eigenvalue weighted by atomic mass is 10.1. The minimum absolute atomic E-state index is 0. The number of carbonyl (C=O) groups excluding carboxylic acids is 1. The quantitative estimate of drug-likeness (QED) is 0.813. The molecule has 1 amide bonds. The molecule has 6 heteroatoms. The number of halogens is 2. The molecule has 4 nitrogen and oxygen atoms in total. The SMILES string of the molecule is CCN(CC)CC1CCN(C(=O)CC(C)N)C1.Cl.Cl. The van der Waals surface area contributed by atoms with E-state index in [4.69, 9.17) is 5.73 Å². The van der Waals surface area contributed by atoms with Crippen LogP contribution in [0.2, 0.25) is 0 Å². The van der Waals surface area contributed by atoms with Gasteiger partial charge in [-0.25, -0.2) is 0 Å². The van der Waals surface area contributed by atoms with Crippen LogP contribution >= 0.6 is 24.8 Å². The van der Waals surface area contributed by atoms with Gasteiger partial charge in [0.25, 0.3) is 0 Å². The molecule has 19 heavy (non-hydrogen) atoms. The number of amides is 1. The summed E-state index contributed by atoms with van der Waals surface area (Å²) in [5.74, 6) is 0.869. The van der Waals surface area contributed by atoms with Crippen molar-refractivity contribution in [2.45, 2.75) is 39.7 Å². The summed E-state index contributed by atoms with van der Waals surface area (Å²) < 4.78 is 0. The van der Waals surface area contributed by atoms with Crippen LogP contribution in [-0.4, -0.2) is 54.5 Å². The van der Waals surface area contributed by atoms with Crippen LogP contribution in [-0.2, 0) is 4.79 Å². The van der Waals surface area contributed by atoms with Gasteiger partial charge in [-0.1, -0.05) is 13.8 Å². The summed E-state index contributed by atoms with van der Waals surface area (Å²) in [6.45, 7) is 11.4. The molecule has 1 fully saturated rings. The van der Waals surface area contributed by atoms with Gasteiger partial charge < -0.3 is 15.5 Å². The van der Waals surface area contributed by atoms with Crippen molar-refractivity contribution in [2.75, 3.05) is 32.7 Å². The Morgan fingerprint density at radius 2 is 1.95 bits per heavy atom. The fourth-order valence-electron chi connectivity index (χ4n) is 2.46. The molecule has 0 bridgehead atoms. The summed E-state index contributed by atoms with van der Waals surface area (Å²) >= 11 is 0. The molecule has 1 rings (SSSR count). The van der Waals surface area contributed by atoms with Crippen molar-refractivity contribution in [3.8, 4) is 0 Å². The highest BCUT2D eigenvalue weighted by molar-refractivity contribution is 5.85. The first-order chi connectivity index (χ1) is 8.06. The van der Waals surface area contributed by atoms with Crippen LogP contribution in [0.3, 0.4) is 0 Å². The second-order valence-corrected chi connectivity index (χ2v) is 5.16. The second kappa shape index (κ2) is 10.7. The maximum Gasteiger partial charge on any atom is 0.224 e. The van der Waals surface area contributed by atoms with Crippen LogP contribution < -0.4 is 5.73 Å². The van der Waals surface area contributed by atoms with Gasteiger partial charge in [0.15, 0.2) is 0 Å². The summed E-state index contributed by atoms with van der Waals surface area (Å²) in [5.41, 5.74) is 5.66. The Morgan fingerprint density at radius 1 is 1.37 bits per heavy atom. The maximum absolute atomic E-state index is 11.9. The van der Waals surface area contributed by atoms with Gasteiger partial charge >= 0.3 is 0 Å². The number of hydrogen-bond acceptors (Lipinski definition) is 3. The molecule has 2 atom stereocenters. The third-order valence-corrected chi connectivity index (χ3v) is 3.55. The van der Waals surface area contributed by atoms with Crippen molar-refractivity contribution >= 4 is 30.7 Å². The molecular weight excluding hydrogens is 285 g/mol. The van der Waals surface area contributed by atoms with Crippen molar-refractivity contribution in [3.63, 3.8) is 0 Å². The van der Waals surface area contributed by atoms with Crippen LogP contribution in [0.5, 0.6) is 0 Å². The van der Waals surface area contributed by atoms with Gasteiger partial charge in [-0.05, 0) is 32.4 Å². The Labute approximate surface area is 129 Å². The first-order valence-electron chi connectivity index (χ1n) is 6.82. The smallest absolute Gasteiger partial charge is 0.224 e. The summed E-state index contributed by atoms with van der Waals surface area (Å²) in [7, 11) is 0. The molecule has 1 heterocycles. The molecule has 2 unspecified atom stereocenters. The minimum Gasteiger partial charge on any atom is -0.342 e. The van der Waals surface area contributed by atoms with E-state index >= 15 is 0 Å². The van der Waals surface area contributed by atoms with Gasteiger partial charge in [0.05, 0.1) is 0 Å². The number of nitrogens with two attached hydrogens (primary N) is 1. The number of nitrogens with zero attached hydrogens (tertiary/aromatic N) is 2. The highest BCUT2D eigenvalue weighted by Crippen LogP contribution is 2.18. The van der Waals surface area contributed by atoms with E-state index in [1.54, 1.807) is 0 Å². The molecule has 0 aromatic rings. The number of carbonyl (C=O) groups is 1. The average molecular weight is 314 g/mol. The van der Waals surface area contributed by atoms with Crippen LogP contribution in [0.25, 0.3) is 0 Å². The van der Waals surface area contributed by atoms with Crippen molar-refractivity contribution in [1.82, 2.24) is 9.80 Å².